The smallest absolute Gasteiger partial charge is 0.0326 e. The summed E-state index contributed by atoms with van der Waals surface area (Å²) in [6, 6.07) is 10.3. The molecular formula is C14H22. The van der Waals surface area contributed by atoms with Crippen LogP contribution in [0.1, 0.15) is 38.7 Å². The van der Waals surface area contributed by atoms with E-state index in [4.69, 9.17) is 0 Å². The number of aryl methyl sites for hydroxylation is 1. The summed E-state index contributed by atoms with van der Waals surface area (Å²) < 4.78 is 0. The Bertz CT molecular complexity index is 233. The van der Waals surface area contributed by atoms with Crippen LogP contribution in [0.5, 0.6) is 0 Å². The van der Waals surface area contributed by atoms with Gasteiger partial charge >= 0.3 is 0 Å². The second kappa shape index (κ2) is 8.55. The molecule has 1 aromatic carbocycles. The Morgan fingerprint density at radius 2 is 1.79 bits per heavy atom. The van der Waals surface area contributed by atoms with Gasteiger partial charge in [-0.15, -0.1) is 6.58 Å². The minimum atomic E-state index is 1.20. The number of hydrogen-bond acceptors (Lipinski definition) is 0. The van der Waals surface area contributed by atoms with Crippen molar-refractivity contribution in [2.75, 3.05) is 0 Å². The molecule has 1 rings (SSSR count). The molecule has 1 aromatic rings. The highest BCUT2D eigenvalue weighted by atomic mass is 13.9. The molecule has 0 aliphatic heterocycles. The predicted octanol–water partition coefficient (Wildman–Crippen LogP) is 4.75. The number of hydrogen-bond donors (Lipinski definition) is 0. The molecule has 0 heterocycles. The van der Waals surface area contributed by atoms with E-state index in [0.29, 0.717) is 0 Å². The van der Waals surface area contributed by atoms with Crippen LogP contribution in [-0.4, -0.2) is 0 Å². The van der Waals surface area contributed by atoms with Crippen LogP contribution in [0.25, 0.3) is 0 Å². The third-order valence-electron chi connectivity index (χ3n) is 1.90. The van der Waals surface area contributed by atoms with Gasteiger partial charge in [-0.25, -0.2) is 0 Å². The van der Waals surface area contributed by atoms with Crippen molar-refractivity contribution in [1.29, 1.82) is 0 Å². The molecule has 0 amide bonds. The van der Waals surface area contributed by atoms with Gasteiger partial charge in [0, 0.05) is 0 Å². The van der Waals surface area contributed by atoms with Gasteiger partial charge in [0.25, 0.3) is 0 Å². The van der Waals surface area contributed by atoms with E-state index in [1.54, 1.807) is 0 Å². The standard InChI is InChI=1S/C7H8.C7H14/c1-7-5-3-2-4-6-7;1-4-5-6-7(2)3/h2-6H,1H3;2,4-6H2,1,3H3. The zero-order valence-corrected chi connectivity index (χ0v) is 9.72. The van der Waals surface area contributed by atoms with E-state index in [1.165, 1.54) is 30.4 Å². The molecule has 0 aromatic heterocycles. The lowest BCUT2D eigenvalue weighted by Crippen LogP contribution is -1.71. The zero-order valence-electron chi connectivity index (χ0n) is 9.72. The minimum Gasteiger partial charge on any atom is -0.100 e. The van der Waals surface area contributed by atoms with Gasteiger partial charge in [0.2, 0.25) is 0 Å². The van der Waals surface area contributed by atoms with Crippen LogP contribution in [0.2, 0.25) is 0 Å². The Morgan fingerprint density at radius 1 is 1.21 bits per heavy atom. The second-order valence-corrected chi connectivity index (χ2v) is 3.72. The molecule has 0 saturated heterocycles. The first kappa shape index (κ1) is 13.0. The molecule has 0 nitrogen and oxygen atoms in total. The highest BCUT2D eigenvalue weighted by Gasteiger charge is 1.81. The fraction of sp³-hybridized carbons (Fsp3) is 0.429. The van der Waals surface area contributed by atoms with Crippen LogP contribution in [0.15, 0.2) is 42.5 Å². The molecule has 0 aliphatic carbocycles. The summed E-state index contributed by atoms with van der Waals surface area (Å²) in [6.45, 7) is 10.2. The number of unbranched alkanes of at least 4 members (excludes halogenated alkanes) is 1. The third-order valence-corrected chi connectivity index (χ3v) is 1.90. The lowest BCUT2D eigenvalue weighted by molar-refractivity contribution is 0.789. The van der Waals surface area contributed by atoms with E-state index in [2.05, 4.69) is 39.5 Å². The maximum absolute atomic E-state index is 3.79. The monoisotopic (exact) mass is 190 g/mol. The van der Waals surface area contributed by atoms with Crippen molar-refractivity contribution in [3.8, 4) is 0 Å². The summed E-state index contributed by atoms with van der Waals surface area (Å²) in [5.41, 5.74) is 2.63. The number of allylic oxidation sites excluding steroid dienone is 1. The van der Waals surface area contributed by atoms with Gasteiger partial charge in [-0.2, -0.15) is 0 Å². The summed E-state index contributed by atoms with van der Waals surface area (Å²) in [4.78, 5) is 0. The molecule has 0 bridgehead atoms. The van der Waals surface area contributed by atoms with Crippen LogP contribution in [-0.2, 0) is 0 Å². The first-order chi connectivity index (χ1) is 6.66. The highest BCUT2D eigenvalue weighted by molar-refractivity contribution is 5.11. The minimum absolute atomic E-state index is 1.20. The Hall–Kier alpha value is -1.04. The van der Waals surface area contributed by atoms with Gasteiger partial charge < -0.3 is 0 Å². The first-order valence-corrected chi connectivity index (χ1v) is 5.32. The van der Waals surface area contributed by atoms with Gasteiger partial charge in [0.15, 0.2) is 0 Å². The van der Waals surface area contributed by atoms with E-state index in [0.717, 1.165) is 0 Å². The quantitative estimate of drug-likeness (QED) is 0.603. The largest absolute Gasteiger partial charge is 0.100 e. The fourth-order valence-electron chi connectivity index (χ4n) is 1.01. The van der Waals surface area contributed by atoms with Crippen molar-refractivity contribution in [3.05, 3.63) is 48.0 Å². The molecule has 78 valence electrons. The van der Waals surface area contributed by atoms with E-state index in [9.17, 15) is 0 Å². The second-order valence-electron chi connectivity index (χ2n) is 3.72. The Kier molecular flexibility index (Phi) is 7.92. The summed E-state index contributed by atoms with van der Waals surface area (Å²) in [5.74, 6) is 0. The molecule has 0 saturated carbocycles. The van der Waals surface area contributed by atoms with Gasteiger partial charge in [0.1, 0.15) is 0 Å². The molecule has 0 radical (unpaired) electrons. The number of rotatable bonds is 3. The lowest BCUT2D eigenvalue weighted by atomic mass is 10.2. The van der Waals surface area contributed by atoms with E-state index < -0.39 is 0 Å². The van der Waals surface area contributed by atoms with E-state index >= 15 is 0 Å². The van der Waals surface area contributed by atoms with Crippen molar-refractivity contribution in [3.63, 3.8) is 0 Å². The van der Waals surface area contributed by atoms with E-state index in [1.807, 2.05) is 18.2 Å². The summed E-state index contributed by atoms with van der Waals surface area (Å²) in [6.07, 6.45) is 3.79. The summed E-state index contributed by atoms with van der Waals surface area (Å²) >= 11 is 0. The van der Waals surface area contributed by atoms with Crippen LogP contribution in [0.3, 0.4) is 0 Å². The molecule has 0 spiro atoms. The normalized spacial score (nSPS) is 8.79. The maximum Gasteiger partial charge on any atom is -0.0326 e. The van der Waals surface area contributed by atoms with Crippen LogP contribution < -0.4 is 0 Å². The molecule has 0 unspecified atom stereocenters. The Balaban J connectivity index is 0.000000241. The Morgan fingerprint density at radius 3 is 2.00 bits per heavy atom. The fourth-order valence-corrected chi connectivity index (χ4v) is 1.01. The topological polar surface area (TPSA) is 0 Å². The predicted molar refractivity (Wildman–Crippen MR) is 65.5 cm³/mol. The van der Waals surface area contributed by atoms with Crippen LogP contribution in [0.4, 0.5) is 0 Å². The van der Waals surface area contributed by atoms with Crippen LogP contribution in [0, 0.1) is 6.92 Å². The summed E-state index contributed by atoms with van der Waals surface area (Å²) in [7, 11) is 0. The molecular weight excluding hydrogens is 168 g/mol. The van der Waals surface area contributed by atoms with Gasteiger partial charge in [-0.05, 0) is 26.7 Å². The van der Waals surface area contributed by atoms with Gasteiger partial charge in [-0.3, -0.25) is 0 Å². The van der Waals surface area contributed by atoms with Crippen molar-refractivity contribution >= 4 is 0 Å². The zero-order chi connectivity index (χ0) is 10.8. The average molecular weight is 190 g/mol. The Labute approximate surface area is 88.7 Å². The van der Waals surface area contributed by atoms with Crippen molar-refractivity contribution in [2.45, 2.75) is 40.0 Å². The first-order valence-electron chi connectivity index (χ1n) is 5.32. The third kappa shape index (κ3) is 9.05. The molecule has 0 N–H and O–H groups in total. The molecule has 0 fully saturated rings. The van der Waals surface area contributed by atoms with Gasteiger partial charge in [0.05, 0.1) is 0 Å². The molecule has 14 heavy (non-hydrogen) atoms. The molecule has 0 heteroatoms. The average Bonchev–Trinajstić information content (AvgIpc) is 2.17. The number of benzene rings is 1. The highest BCUT2D eigenvalue weighted by Crippen LogP contribution is 2.01. The lowest BCUT2D eigenvalue weighted by Gasteiger charge is -1.91. The molecule has 0 atom stereocenters. The van der Waals surface area contributed by atoms with Crippen LogP contribution >= 0.6 is 0 Å². The van der Waals surface area contributed by atoms with Crippen molar-refractivity contribution < 1.29 is 0 Å². The summed E-state index contributed by atoms with van der Waals surface area (Å²) in [5, 5.41) is 0. The van der Waals surface area contributed by atoms with E-state index in [-0.39, 0.29) is 0 Å². The SMILES string of the molecule is C=C(C)CCCC.Cc1ccccc1. The maximum atomic E-state index is 3.79. The van der Waals surface area contributed by atoms with Crippen molar-refractivity contribution in [1.82, 2.24) is 0 Å². The van der Waals surface area contributed by atoms with Crippen molar-refractivity contribution in [2.24, 2.45) is 0 Å². The van der Waals surface area contributed by atoms with Gasteiger partial charge in [-0.1, -0.05) is 54.8 Å². The molecule has 0 aliphatic rings.